The first-order valence-electron chi connectivity index (χ1n) is 6.23. The van der Waals surface area contributed by atoms with E-state index in [2.05, 4.69) is 10.3 Å². The highest BCUT2D eigenvalue weighted by molar-refractivity contribution is 7.99. The lowest BCUT2D eigenvalue weighted by Gasteiger charge is -2.06. The Hall–Kier alpha value is -2.08. The first kappa shape index (κ1) is 14.3. The standard InChI is InChI=1S/C14H15N3O2S/c1-3-15-13-8-11(17(18)19)9-14(16-13)20-12-6-4-5-10(2)7-12/h4-9H,3H2,1-2H3,(H,15,16). The molecule has 20 heavy (non-hydrogen) atoms. The molecule has 5 nitrogen and oxygen atoms in total. The molecule has 1 aromatic heterocycles. The molecule has 104 valence electrons. The average Bonchev–Trinajstić information content (AvgIpc) is 2.38. The van der Waals surface area contributed by atoms with Crippen LogP contribution >= 0.6 is 11.8 Å². The third-order valence-electron chi connectivity index (χ3n) is 2.57. The van der Waals surface area contributed by atoms with E-state index in [9.17, 15) is 10.1 Å². The fraction of sp³-hybridized carbons (Fsp3) is 0.214. The summed E-state index contributed by atoms with van der Waals surface area (Å²) in [6.07, 6.45) is 0. The van der Waals surface area contributed by atoms with Crippen LogP contribution in [0.2, 0.25) is 0 Å². The van der Waals surface area contributed by atoms with Gasteiger partial charge in [0.1, 0.15) is 10.8 Å². The molecule has 0 aliphatic heterocycles. The highest BCUT2D eigenvalue weighted by Crippen LogP contribution is 2.30. The van der Waals surface area contributed by atoms with Gasteiger partial charge < -0.3 is 5.32 Å². The largest absolute Gasteiger partial charge is 0.370 e. The molecule has 1 N–H and O–H groups in total. The summed E-state index contributed by atoms with van der Waals surface area (Å²) in [5.74, 6) is 0.525. The molecule has 0 saturated heterocycles. The van der Waals surface area contributed by atoms with Gasteiger partial charge in [0.2, 0.25) is 0 Å². The van der Waals surface area contributed by atoms with Gasteiger partial charge >= 0.3 is 0 Å². The zero-order valence-electron chi connectivity index (χ0n) is 11.3. The van der Waals surface area contributed by atoms with Crippen molar-refractivity contribution in [1.82, 2.24) is 4.98 Å². The van der Waals surface area contributed by atoms with Crippen molar-refractivity contribution in [2.24, 2.45) is 0 Å². The van der Waals surface area contributed by atoms with Gasteiger partial charge in [-0.25, -0.2) is 4.98 Å². The van der Waals surface area contributed by atoms with E-state index >= 15 is 0 Å². The summed E-state index contributed by atoms with van der Waals surface area (Å²) in [6, 6.07) is 10.9. The maximum atomic E-state index is 11.0. The Bertz CT molecular complexity index is 632. The first-order valence-corrected chi connectivity index (χ1v) is 7.05. The number of hydrogen-bond acceptors (Lipinski definition) is 5. The van der Waals surface area contributed by atoms with Gasteiger partial charge in [0.05, 0.1) is 11.0 Å². The van der Waals surface area contributed by atoms with Crippen LogP contribution in [0, 0.1) is 17.0 Å². The first-order chi connectivity index (χ1) is 9.58. The zero-order valence-corrected chi connectivity index (χ0v) is 12.1. The van der Waals surface area contributed by atoms with Gasteiger partial charge in [0.15, 0.2) is 0 Å². The Balaban J connectivity index is 2.32. The van der Waals surface area contributed by atoms with Crippen molar-refractivity contribution in [3.63, 3.8) is 0 Å². The molecule has 0 spiro atoms. The molecular formula is C14H15N3O2S. The Morgan fingerprint density at radius 1 is 1.35 bits per heavy atom. The molecule has 0 amide bonds. The highest BCUT2D eigenvalue weighted by Gasteiger charge is 2.12. The topological polar surface area (TPSA) is 68.1 Å². The summed E-state index contributed by atoms with van der Waals surface area (Å²) in [5, 5.41) is 14.6. The number of nitrogens with one attached hydrogen (secondary N) is 1. The number of hydrogen-bond donors (Lipinski definition) is 1. The summed E-state index contributed by atoms with van der Waals surface area (Å²) in [5.41, 5.74) is 1.19. The quantitative estimate of drug-likeness (QED) is 0.668. The maximum Gasteiger partial charge on any atom is 0.275 e. The molecule has 0 aliphatic carbocycles. The summed E-state index contributed by atoms with van der Waals surface area (Å²) >= 11 is 1.42. The van der Waals surface area contributed by atoms with Crippen LogP contribution in [-0.2, 0) is 0 Å². The Labute approximate surface area is 121 Å². The number of aromatic nitrogens is 1. The monoisotopic (exact) mass is 289 g/mol. The number of rotatable bonds is 5. The maximum absolute atomic E-state index is 11.0. The lowest BCUT2D eigenvalue weighted by atomic mass is 10.2. The summed E-state index contributed by atoms with van der Waals surface area (Å²) in [7, 11) is 0. The molecule has 0 unspecified atom stereocenters. The second kappa shape index (κ2) is 6.38. The Kier molecular flexibility index (Phi) is 4.57. The van der Waals surface area contributed by atoms with Crippen LogP contribution in [0.3, 0.4) is 0 Å². The normalized spacial score (nSPS) is 10.3. The van der Waals surface area contributed by atoms with Gasteiger partial charge in [0.25, 0.3) is 5.69 Å². The van der Waals surface area contributed by atoms with Crippen LogP contribution in [-0.4, -0.2) is 16.5 Å². The van der Waals surface area contributed by atoms with Gasteiger partial charge in [-0.05, 0) is 26.0 Å². The van der Waals surface area contributed by atoms with Crippen molar-refractivity contribution in [2.45, 2.75) is 23.8 Å². The minimum absolute atomic E-state index is 0.0473. The average molecular weight is 289 g/mol. The van der Waals surface area contributed by atoms with E-state index in [0.717, 1.165) is 10.5 Å². The molecule has 0 aliphatic rings. The second-order valence-corrected chi connectivity index (χ2v) is 5.35. The summed E-state index contributed by atoms with van der Waals surface area (Å²) < 4.78 is 0. The van der Waals surface area contributed by atoms with E-state index in [1.165, 1.54) is 23.9 Å². The van der Waals surface area contributed by atoms with Crippen molar-refractivity contribution in [3.05, 3.63) is 52.1 Å². The minimum atomic E-state index is -0.400. The van der Waals surface area contributed by atoms with Crippen LogP contribution in [0.1, 0.15) is 12.5 Å². The molecule has 2 aromatic rings. The predicted octanol–water partition coefficient (Wildman–Crippen LogP) is 3.88. The smallest absolute Gasteiger partial charge is 0.275 e. The molecule has 1 aromatic carbocycles. The van der Waals surface area contributed by atoms with E-state index in [-0.39, 0.29) is 5.69 Å². The number of aryl methyl sites for hydroxylation is 1. The zero-order chi connectivity index (χ0) is 14.5. The van der Waals surface area contributed by atoms with Gasteiger partial charge in [-0.15, -0.1) is 0 Å². The molecule has 1 heterocycles. The van der Waals surface area contributed by atoms with Crippen LogP contribution in [0.15, 0.2) is 46.3 Å². The molecule has 0 radical (unpaired) electrons. The fourth-order valence-electron chi connectivity index (χ4n) is 1.72. The van der Waals surface area contributed by atoms with Crippen LogP contribution in [0.25, 0.3) is 0 Å². The molecule has 0 bridgehead atoms. The number of anilines is 1. The van der Waals surface area contributed by atoms with Gasteiger partial charge in [-0.1, -0.05) is 29.5 Å². The van der Waals surface area contributed by atoms with Crippen LogP contribution < -0.4 is 5.32 Å². The van der Waals surface area contributed by atoms with Crippen molar-refractivity contribution >= 4 is 23.3 Å². The van der Waals surface area contributed by atoms with Crippen molar-refractivity contribution in [1.29, 1.82) is 0 Å². The third-order valence-corrected chi connectivity index (χ3v) is 3.48. The molecule has 0 saturated carbocycles. The van der Waals surface area contributed by atoms with Crippen molar-refractivity contribution in [3.8, 4) is 0 Å². The summed E-state index contributed by atoms with van der Waals surface area (Å²) in [6.45, 7) is 4.60. The number of benzene rings is 1. The fourth-order valence-corrected chi connectivity index (χ4v) is 2.68. The molecular weight excluding hydrogens is 274 g/mol. The SMILES string of the molecule is CCNc1cc([N+](=O)[O-])cc(Sc2cccc(C)c2)n1. The van der Waals surface area contributed by atoms with Crippen molar-refractivity contribution < 1.29 is 4.92 Å². The van der Waals surface area contributed by atoms with Gasteiger partial charge in [-0.3, -0.25) is 10.1 Å². The molecule has 0 atom stereocenters. The minimum Gasteiger partial charge on any atom is -0.370 e. The van der Waals surface area contributed by atoms with Gasteiger partial charge in [0, 0.05) is 17.5 Å². The predicted molar refractivity (Wildman–Crippen MR) is 80.4 cm³/mol. The Morgan fingerprint density at radius 3 is 2.80 bits per heavy atom. The second-order valence-electron chi connectivity index (χ2n) is 4.25. The number of nitro groups is 1. The lowest BCUT2D eigenvalue weighted by Crippen LogP contribution is -2.01. The van der Waals surface area contributed by atoms with E-state index in [1.807, 2.05) is 38.1 Å². The Morgan fingerprint density at radius 2 is 2.15 bits per heavy atom. The van der Waals surface area contributed by atoms with E-state index in [0.29, 0.717) is 17.4 Å². The highest BCUT2D eigenvalue weighted by atomic mass is 32.2. The van der Waals surface area contributed by atoms with E-state index in [4.69, 9.17) is 0 Å². The van der Waals surface area contributed by atoms with Gasteiger partial charge in [-0.2, -0.15) is 0 Å². The summed E-state index contributed by atoms with van der Waals surface area (Å²) in [4.78, 5) is 15.9. The van der Waals surface area contributed by atoms with E-state index < -0.39 is 4.92 Å². The number of nitrogens with zero attached hydrogens (tertiary/aromatic N) is 2. The van der Waals surface area contributed by atoms with Crippen LogP contribution in [0.4, 0.5) is 11.5 Å². The molecule has 6 heteroatoms. The third kappa shape index (κ3) is 3.71. The number of pyridine rings is 1. The van der Waals surface area contributed by atoms with E-state index in [1.54, 1.807) is 0 Å². The van der Waals surface area contributed by atoms with Crippen LogP contribution in [0.5, 0.6) is 0 Å². The molecule has 0 fully saturated rings. The molecule has 2 rings (SSSR count). The lowest BCUT2D eigenvalue weighted by molar-refractivity contribution is -0.385. The van der Waals surface area contributed by atoms with Crippen molar-refractivity contribution in [2.75, 3.05) is 11.9 Å².